The van der Waals surface area contributed by atoms with Crippen LogP contribution in [0.5, 0.6) is 5.75 Å². The number of ether oxygens (including phenoxy) is 2. The summed E-state index contributed by atoms with van der Waals surface area (Å²) >= 11 is 6.00. The molecule has 0 amide bonds. The maximum atomic E-state index is 11.1. The Morgan fingerprint density at radius 1 is 1.27 bits per heavy atom. The molecule has 1 N–H and O–H groups in total. The van der Waals surface area contributed by atoms with Gasteiger partial charge in [0.25, 0.3) is 0 Å². The van der Waals surface area contributed by atoms with E-state index in [9.17, 15) is 15.2 Å². The Kier molecular flexibility index (Phi) is 11.2. The zero-order valence-electron chi connectivity index (χ0n) is 17.0. The number of methoxy groups -OCH3 is 1. The van der Waals surface area contributed by atoms with Crippen LogP contribution in [0.1, 0.15) is 24.2 Å². The van der Waals surface area contributed by atoms with Crippen molar-refractivity contribution in [2.45, 2.75) is 25.5 Å². The molecule has 30 heavy (non-hydrogen) atoms. The number of benzene rings is 2. The van der Waals surface area contributed by atoms with Crippen LogP contribution in [0.3, 0.4) is 0 Å². The number of halogens is 2. The standard InChI is InChI=1S/C22H25ClN2O4.ClH/c1-16(12-17-6-8-20(9-7-17)29-15-22(27)28-2)25(11-10-24)14-21(26)18-4-3-5-19(23)13-18;/h3-9,13,16,21,26H,11-12,14-15H2,1-2H3;1H. The highest BCUT2D eigenvalue weighted by atomic mass is 35.5. The number of hydrogen-bond donors (Lipinski definition) is 1. The molecule has 0 aliphatic carbocycles. The van der Waals surface area contributed by atoms with E-state index in [1.54, 1.807) is 30.3 Å². The highest BCUT2D eigenvalue weighted by Crippen LogP contribution is 2.21. The van der Waals surface area contributed by atoms with Crippen molar-refractivity contribution in [2.24, 2.45) is 0 Å². The van der Waals surface area contributed by atoms with Gasteiger partial charge in [-0.1, -0.05) is 35.9 Å². The lowest BCUT2D eigenvalue weighted by molar-refractivity contribution is -0.142. The van der Waals surface area contributed by atoms with E-state index >= 15 is 0 Å². The van der Waals surface area contributed by atoms with Crippen LogP contribution >= 0.6 is 24.0 Å². The first-order chi connectivity index (χ1) is 13.9. The highest BCUT2D eigenvalue weighted by Gasteiger charge is 2.19. The normalized spacial score (nSPS) is 12.4. The van der Waals surface area contributed by atoms with Gasteiger partial charge in [0.15, 0.2) is 6.61 Å². The molecule has 162 valence electrons. The molecular formula is C22H26Cl2N2O4. The molecule has 0 heterocycles. The average Bonchev–Trinajstić information content (AvgIpc) is 2.72. The van der Waals surface area contributed by atoms with Gasteiger partial charge in [0.05, 0.1) is 25.8 Å². The van der Waals surface area contributed by atoms with Gasteiger partial charge in [-0.05, 0) is 48.7 Å². The molecule has 0 saturated carbocycles. The van der Waals surface area contributed by atoms with Gasteiger partial charge < -0.3 is 14.6 Å². The van der Waals surface area contributed by atoms with Crippen LogP contribution in [0.25, 0.3) is 0 Å². The molecule has 2 rings (SSSR count). The number of nitriles is 1. The molecule has 0 fully saturated rings. The monoisotopic (exact) mass is 452 g/mol. The molecule has 0 aromatic heterocycles. The van der Waals surface area contributed by atoms with Crippen molar-refractivity contribution < 1.29 is 19.4 Å². The summed E-state index contributed by atoms with van der Waals surface area (Å²) < 4.78 is 9.89. The summed E-state index contributed by atoms with van der Waals surface area (Å²) in [6, 6.07) is 16.7. The van der Waals surface area contributed by atoms with Crippen LogP contribution < -0.4 is 4.74 Å². The Balaban J connectivity index is 0.00000450. The molecule has 0 radical (unpaired) electrons. The average molecular weight is 453 g/mol. The first-order valence-electron chi connectivity index (χ1n) is 9.26. The Labute approximate surface area is 188 Å². The van der Waals surface area contributed by atoms with Crippen LogP contribution in [-0.2, 0) is 16.0 Å². The Hall–Kier alpha value is -2.30. The van der Waals surface area contributed by atoms with Crippen LogP contribution in [0.2, 0.25) is 5.02 Å². The van der Waals surface area contributed by atoms with Gasteiger partial charge in [0.1, 0.15) is 5.75 Å². The van der Waals surface area contributed by atoms with Crippen molar-refractivity contribution in [2.75, 3.05) is 26.8 Å². The molecule has 2 atom stereocenters. The van der Waals surface area contributed by atoms with Crippen molar-refractivity contribution in [3.8, 4) is 11.8 Å². The lowest BCUT2D eigenvalue weighted by Gasteiger charge is -2.29. The summed E-state index contributed by atoms with van der Waals surface area (Å²) in [6.45, 7) is 2.42. The molecule has 0 aliphatic rings. The Morgan fingerprint density at radius 2 is 1.97 bits per heavy atom. The zero-order valence-corrected chi connectivity index (χ0v) is 18.5. The minimum atomic E-state index is -0.737. The summed E-state index contributed by atoms with van der Waals surface area (Å²) in [7, 11) is 1.31. The van der Waals surface area contributed by atoms with E-state index in [1.165, 1.54) is 7.11 Å². The second kappa shape index (κ2) is 13.1. The van der Waals surface area contributed by atoms with Gasteiger partial charge in [-0.15, -0.1) is 12.4 Å². The van der Waals surface area contributed by atoms with Crippen molar-refractivity contribution >= 4 is 30.0 Å². The predicted octanol–water partition coefficient (Wildman–Crippen LogP) is 3.80. The molecule has 8 heteroatoms. The lowest BCUT2D eigenvalue weighted by Crippen LogP contribution is -2.38. The quantitative estimate of drug-likeness (QED) is 0.435. The molecule has 0 spiro atoms. The first-order valence-corrected chi connectivity index (χ1v) is 9.63. The fourth-order valence-electron chi connectivity index (χ4n) is 2.93. The molecule has 2 unspecified atom stereocenters. The maximum absolute atomic E-state index is 11.1. The molecule has 0 bridgehead atoms. The summed E-state index contributed by atoms with van der Waals surface area (Å²) in [4.78, 5) is 13.1. The van der Waals surface area contributed by atoms with Crippen molar-refractivity contribution in [3.63, 3.8) is 0 Å². The molecule has 0 saturated heterocycles. The molecule has 2 aromatic carbocycles. The number of aliphatic hydroxyl groups excluding tert-OH is 1. The summed E-state index contributed by atoms with van der Waals surface area (Å²) in [5.41, 5.74) is 1.78. The predicted molar refractivity (Wildman–Crippen MR) is 118 cm³/mol. The SMILES string of the molecule is COC(=O)COc1ccc(CC(C)N(CC#N)CC(O)c2cccc(Cl)c2)cc1.Cl. The molecule has 0 aliphatic heterocycles. The van der Waals surface area contributed by atoms with E-state index in [-0.39, 0.29) is 31.6 Å². The van der Waals surface area contributed by atoms with Gasteiger partial charge in [-0.25, -0.2) is 4.79 Å². The second-order valence-electron chi connectivity index (χ2n) is 6.72. The zero-order chi connectivity index (χ0) is 21.2. The molecular weight excluding hydrogens is 427 g/mol. The fraction of sp³-hybridized carbons (Fsp3) is 0.364. The van der Waals surface area contributed by atoms with Gasteiger partial charge in [-0.2, -0.15) is 5.26 Å². The van der Waals surface area contributed by atoms with E-state index in [1.807, 2.05) is 30.0 Å². The number of hydrogen-bond acceptors (Lipinski definition) is 6. The van der Waals surface area contributed by atoms with E-state index in [2.05, 4.69) is 10.8 Å². The van der Waals surface area contributed by atoms with Crippen molar-refractivity contribution in [1.29, 1.82) is 5.26 Å². The maximum Gasteiger partial charge on any atom is 0.343 e. The first kappa shape index (κ1) is 25.7. The summed E-state index contributed by atoms with van der Waals surface area (Å²) in [6.07, 6.45) is -0.0417. The van der Waals surface area contributed by atoms with Crippen molar-refractivity contribution in [1.82, 2.24) is 4.90 Å². The van der Waals surface area contributed by atoms with Crippen LogP contribution in [0, 0.1) is 11.3 Å². The van der Waals surface area contributed by atoms with E-state index in [0.29, 0.717) is 23.7 Å². The number of rotatable bonds is 10. The minimum Gasteiger partial charge on any atom is -0.482 e. The second-order valence-corrected chi connectivity index (χ2v) is 7.16. The number of carbonyl (C=O) groups excluding carboxylic acids is 1. The van der Waals surface area contributed by atoms with Gasteiger partial charge in [0, 0.05) is 17.6 Å². The van der Waals surface area contributed by atoms with Crippen LogP contribution in [0.4, 0.5) is 0 Å². The topological polar surface area (TPSA) is 82.8 Å². The Morgan fingerprint density at radius 3 is 2.57 bits per heavy atom. The Bertz CT molecular complexity index is 840. The number of nitrogens with zero attached hydrogens (tertiary/aromatic N) is 2. The number of aliphatic hydroxyl groups is 1. The number of carbonyl (C=O) groups is 1. The van der Waals surface area contributed by atoms with Crippen LogP contribution in [-0.4, -0.2) is 48.8 Å². The molecule has 2 aromatic rings. The minimum absolute atomic E-state index is 0. The van der Waals surface area contributed by atoms with E-state index < -0.39 is 12.1 Å². The number of esters is 1. The third-order valence-corrected chi connectivity index (χ3v) is 4.81. The van der Waals surface area contributed by atoms with Crippen molar-refractivity contribution in [3.05, 3.63) is 64.7 Å². The van der Waals surface area contributed by atoms with Crippen LogP contribution in [0.15, 0.2) is 48.5 Å². The summed E-state index contributed by atoms with van der Waals surface area (Å²) in [5, 5.41) is 20.3. The van der Waals surface area contributed by atoms with E-state index in [0.717, 1.165) is 11.1 Å². The summed E-state index contributed by atoms with van der Waals surface area (Å²) in [5.74, 6) is 0.144. The van der Waals surface area contributed by atoms with Gasteiger partial charge >= 0.3 is 5.97 Å². The third-order valence-electron chi connectivity index (χ3n) is 4.58. The molecule has 6 nitrogen and oxygen atoms in total. The van der Waals surface area contributed by atoms with Gasteiger partial charge in [-0.3, -0.25) is 4.90 Å². The lowest BCUT2D eigenvalue weighted by atomic mass is 10.0. The third kappa shape index (κ3) is 8.21. The smallest absolute Gasteiger partial charge is 0.343 e. The fourth-order valence-corrected chi connectivity index (χ4v) is 3.12. The van der Waals surface area contributed by atoms with Gasteiger partial charge in [0.2, 0.25) is 0 Å². The largest absolute Gasteiger partial charge is 0.482 e. The van der Waals surface area contributed by atoms with E-state index in [4.69, 9.17) is 16.3 Å². The highest BCUT2D eigenvalue weighted by molar-refractivity contribution is 6.30.